The summed E-state index contributed by atoms with van der Waals surface area (Å²) < 4.78 is 0. The summed E-state index contributed by atoms with van der Waals surface area (Å²) in [6.07, 6.45) is 5.33. The number of halogens is 2. The van der Waals surface area contributed by atoms with Gasteiger partial charge in [0.1, 0.15) is 29.2 Å². The average molecular weight is 526 g/mol. The van der Waals surface area contributed by atoms with Crippen molar-refractivity contribution in [1.82, 2.24) is 5.06 Å². The molecule has 0 amide bonds. The molecule has 1 unspecified atom stereocenters. The lowest BCUT2D eigenvalue weighted by Gasteiger charge is -2.44. The van der Waals surface area contributed by atoms with Crippen molar-refractivity contribution in [2.75, 3.05) is 4.90 Å². The normalized spacial score (nSPS) is 27.8. The molecule has 2 bridgehead atoms. The van der Waals surface area contributed by atoms with Crippen LogP contribution in [-0.2, 0) is 9.63 Å². The van der Waals surface area contributed by atoms with Crippen molar-refractivity contribution in [1.29, 1.82) is 5.26 Å². The van der Waals surface area contributed by atoms with Gasteiger partial charge in [-0.3, -0.25) is 0 Å². The standard InChI is InChI=1S/C27H25Cl2N3O4/c28-20-2-1-3-21(29)23(20)25-24(27(34)35)26(14-4-5-14)36-32(25)19-10-16-8-9-17(11-19)31(16)18-7-6-15(13-30)22(33)12-18/h1-3,6-7,12,14,16-17,19,25,33H,4-5,8-11H2,(H,34,35)/t16-,17+,19?,25-/m0/s1. The Hall–Kier alpha value is -2.92. The van der Waals surface area contributed by atoms with Crippen molar-refractivity contribution in [2.24, 2.45) is 5.92 Å². The van der Waals surface area contributed by atoms with Gasteiger partial charge in [-0.25, -0.2) is 4.79 Å². The first-order valence-electron chi connectivity index (χ1n) is 12.3. The molecular weight excluding hydrogens is 501 g/mol. The first-order valence-corrected chi connectivity index (χ1v) is 13.0. The molecule has 3 fully saturated rings. The van der Waals surface area contributed by atoms with Crippen LogP contribution in [0.15, 0.2) is 47.7 Å². The number of nitriles is 1. The van der Waals surface area contributed by atoms with E-state index in [1.165, 1.54) is 0 Å². The van der Waals surface area contributed by atoms with E-state index in [-0.39, 0.29) is 40.9 Å². The molecule has 2 N–H and O–H groups in total. The minimum atomic E-state index is -1.01. The van der Waals surface area contributed by atoms with E-state index in [0.29, 0.717) is 21.4 Å². The Morgan fingerprint density at radius 2 is 1.69 bits per heavy atom. The molecule has 186 valence electrons. The summed E-state index contributed by atoms with van der Waals surface area (Å²) in [5.74, 6) is -0.371. The van der Waals surface area contributed by atoms with Crippen molar-refractivity contribution in [3.05, 3.63) is 68.9 Å². The Morgan fingerprint density at radius 1 is 1.03 bits per heavy atom. The molecule has 6 rings (SSSR count). The maximum atomic E-state index is 12.5. The van der Waals surface area contributed by atoms with Gasteiger partial charge in [0.2, 0.25) is 0 Å². The topological polar surface area (TPSA) is 97.0 Å². The number of carbonyl (C=O) groups is 1. The maximum absolute atomic E-state index is 12.5. The van der Waals surface area contributed by atoms with Gasteiger partial charge < -0.3 is 20.0 Å². The van der Waals surface area contributed by atoms with Crippen LogP contribution < -0.4 is 4.90 Å². The lowest BCUT2D eigenvalue weighted by molar-refractivity contribution is -0.163. The fourth-order valence-electron chi connectivity index (χ4n) is 6.22. The average Bonchev–Trinajstić information content (AvgIpc) is 3.56. The van der Waals surface area contributed by atoms with Crippen LogP contribution >= 0.6 is 23.2 Å². The summed E-state index contributed by atoms with van der Waals surface area (Å²) in [5, 5.41) is 32.4. The number of anilines is 1. The Kier molecular flexibility index (Phi) is 5.79. The number of fused-ring (bicyclic) bond motifs is 2. The second-order valence-corrected chi connectivity index (χ2v) is 10.9. The van der Waals surface area contributed by atoms with Gasteiger partial charge in [0.15, 0.2) is 0 Å². The Morgan fingerprint density at radius 3 is 2.25 bits per heavy atom. The summed E-state index contributed by atoms with van der Waals surface area (Å²) in [6.45, 7) is 0. The van der Waals surface area contributed by atoms with Crippen LogP contribution in [-0.4, -0.2) is 39.4 Å². The monoisotopic (exact) mass is 525 g/mol. The number of phenolic OH excluding ortho intramolecular Hbond substituents is 1. The van der Waals surface area contributed by atoms with Crippen molar-refractivity contribution < 1.29 is 19.8 Å². The highest BCUT2D eigenvalue weighted by molar-refractivity contribution is 6.36. The van der Waals surface area contributed by atoms with Crippen LogP contribution in [0.1, 0.15) is 55.7 Å². The van der Waals surface area contributed by atoms with Crippen molar-refractivity contribution in [2.45, 2.75) is 62.7 Å². The molecule has 3 aliphatic heterocycles. The predicted octanol–water partition coefficient (Wildman–Crippen LogP) is 5.81. The van der Waals surface area contributed by atoms with Crippen molar-refractivity contribution in [3.63, 3.8) is 0 Å². The fraction of sp³-hybridized carbons (Fsp3) is 0.407. The van der Waals surface area contributed by atoms with Crippen molar-refractivity contribution >= 4 is 34.9 Å². The summed E-state index contributed by atoms with van der Waals surface area (Å²) >= 11 is 13.2. The molecule has 0 radical (unpaired) electrons. The van der Waals surface area contributed by atoms with Crippen LogP contribution in [0.25, 0.3) is 0 Å². The SMILES string of the molecule is N#Cc1ccc(N2[C@@H]3CC[C@H]2CC(N2OC(C4CC4)=C(C(=O)O)[C@@H]2c2c(Cl)cccc2Cl)C3)cc1O. The lowest BCUT2D eigenvalue weighted by atomic mass is 9.91. The number of nitrogens with zero attached hydrogens (tertiary/aromatic N) is 3. The number of phenols is 1. The molecule has 2 aromatic carbocycles. The largest absolute Gasteiger partial charge is 0.506 e. The van der Waals surface area contributed by atoms with E-state index in [9.17, 15) is 15.0 Å². The number of hydrogen-bond acceptors (Lipinski definition) is 6. The number of rotatable bonds is 5. The molecule has 4 aliphatic rings. The van der Waals surface area contributed by atoms with E-state index >= 15 is 0 Å². The summed E-state index contributed by atoms with van der Waals surface area (Å²) in [5.41, 5.74) is 1.96. The summed E-state index contributed by atoms with van der Waals surface area (Å²) in [7, 11) is 0. The number of hydroxylamine groups is 2. The van der Waals surface area contributed by atoms with Crippen LogP contribution in [0.3, 0.4) is 0 Å². The molecule has 0 spiro atoms. The highest BCUT2D eigenvalue weighted by Gasteiger charge is 2.52. The summed E-state index contributed by atoms with van der Waals surface area (Å²) in [6, 6.07) is 12.1. The van der Waals surface area contributed by atoms with E-state index < -0.39 is 12.0 Å². The zero-order valence-electron chi connectivity index (χ0n) is 19.4. The highest BCUT2D eigenvalue weighted by atomic mass is 35.5. The number of carboxylic acid groups (broad SMARTS) is 1. The van der Waals surface area contributed by atoms with Gasteiger partial charge in [-0.15, -0.1) is 5.06 Å². The molecule has 9 heteroatoms. The van der Waals surface area contributed by atoms with E-state index in [2.05, 4.69) is 4.90 Å². The third-order valence-electron chi connectivity index (χ3n) is 7.92. The number of piperidine rings is 1. The van der Waals surface area contributed by atoms with Gasteiger partial charge >= 0.3 is 5.97 Å². The first kappa shape index (κ1) is 23.5. The van der Waals surface area contributed by atoms with Crippen LogP contribution in [0.5, 0.6) is 5.75 Å². The van der Waals surface area contributed by atoms with E-state index in [0.717, 1.165) is 44.2 Å². The number of benzene rings is 2. The molecule has 1 aliphatic carbocycles. The second-order valence-electron chi connectivity index (χ2n) is 10.1. The Balaban J connectivity index is 1.34. The second kappa shape index (κ2) is 8.88. The Labute approximate surface area is 219 Å². The van der Waals surface area contributed by atoms with E-state index in [1.54, 1.807) is 30.3 Å². The van der Waals surface area contributed by atoms with Gasteiger partial charge in [-0.05, 0) is 62.8 Å². The highest BCUT2D eigenvalue weighted by Crippen LogP contribution is 2.53. The molecule has 1 saturated carbocycles. The van der Waals surface area contributed by atoms with Gasteiger partial charge in [-0.2, -0.15) is 5.26 Å². The minimum Gasteiger partial charge on any atom is -0.506 e. The number of allylic oxidation sites excluding steroid dienone is 1. The molecule has 3 heterocycles. The third kappa shape index (κ3) is 3.80. The van der Waals surface area contributed by atoms with Gasteiger partial charge in [0.05, 0.1) is 11.6 Å². The number of carboxylic acids is 1. The molecule has 0 aromatic heterocycles. The lowest BCUT2D eigenvalue weighted by Crippen LogP contribution is -2.50. The molecule has 2 aromatic rings. The predicted molar refractivity (Wildman–Crippen MR) is 135 cm³/mol. The van der Waals surface area contributed by atoms with Crippen LogP contribution in [0.2, 0.25) is 10.0 Å². The fourth-order valence-corrected chi connectivity index (χ4v) is 6.83. The molecule has 4 atom stereocenters. The quantitative estimate of drug-likeness (QED) is 0.508. The van der Waals surface area contributed by atoms with Gasteiger partial charge in [-0.1, -0.05) is 29.3 Å². The molecule has 7 nitrogen and oxygen atoms in total. The number of hydrogen-bond donors (Lipinski definition) is 2. The van der Waals surface area contributed by atoms with Crippen molar-refractivity contribution in [3.8, 4) is 11.8 Å². The summed E-state index contributed by atoms with van der Waals surface area (Å²) in [4.78, 5) is 21.3. The first-order chi connectivity index (χ1) is 17.4. The number of aromatic hydroxyl groups is 1. The van der Waals surface area contributed by atoms with Gasteiger partial charge in [0, 0.05) is 45.4 Å². The smallest absolute Gasteiger partial charge is 0.337 e. The third-order valence-corrected chi connectivity index (χ3v) is 8.58. The van der Waals surface area contributed by atoms with E-state index in [4.69, 9.17) is 33.3 Å². The zero-order chi connectivity index (χ0) is 25.1. The Bertz CT molecular complexity index is 1280. The number of aliphatic carboxylic acids is 1. The molecule has 36 heavy (non-hydrogen) atoms. The van der Waals surface area contributed by atoms with Gasteiger partial charge in [0.25, 0.3) is 0 Å². The maximum Gasteiger partial charge on any atom is 0.337 e. The minimum absolute atomic E-state index is 0.0165. The van der Waals surface area contributed by atoms with Crippen LogP contribution in [0.4, 0.5) is 5.69 Å². The molecular formula is C27H25Cl2N3O4. The van der Waals surface area contributed by atoms with Crippen LogP contribution in [0, 0.1) is 17.2 Å². The zero-order valence-corrected chi connectivity index (χ0v) is 20.9. The van der Waals surface area contributed by atoms with E-state index in [1.807, 2.05) is 17.2 Å². The molecule has 2 saturated heterocycles.